The first-order chi connectivity index (χ1) is 7.73. The summed E-state index contributed by atoms with van der Waals surface area (Å²) in [6.45, 7) is 3.44. The molecule has 0 heterocycles. The van der Waals surface area contributed by atoms with Crippen LogP contribution in [-0.2, 0) is 6.18 Å². The Morgan fingerprint density at radius 3 is 1.82 bits per heavy atom. The lowest BCUT2D eigenvalue weighted by molar-refractivity contribution is -0.137. The quantitative estimate of drug-likeness (QED) is 0.863. The van der Waals surface area contributed by atoms with Crippen LogP contribution in [-0.4, -0.2) is 16.3 Å². The van der Waals surface area contributed by atoms with Crippen LogP contribution in [0.3, 0.4) is 0 Å². The average molecular weight is 248 g/mol. The highest BCUT2D eigenvalue weighted by Crippen LogP contribution is 2.30. The molecule has 5 heteroatoms. The SMILES string of the molecule is CC(C)C(O)C(O)c1ccc(C(F)(F)F)cc1. The molecule has 0 radical (unpaired) electrons. The highest BCUT2D eigenvalue weighted by Gasteiger charge is 2.30. The Morgan fingerprint density at radius 1 is 1.00 bits per heavy atom. The zero-order chi connectivity index (χ0) is 13.2. The third-order valence-electron chi connectivity index (χ3n) is 2.59. The molecular weight excluding hydrogens is 233 g/mol. The van der Waals surface area contributed by atoms with Gasteiger partial charge < -0.3 is 10.2 Å². The van der Waals surface area contributed by atoms with Gasteiger partial charge in [-0.25, -0.2) is 0 Å². The van der Waals surface area contributed by atoms with E-state index in [1.807, 2.05) is 0 Å². The van der Waals surface area contributed by atoms with Gasteiger partial charge in [0.15, 0.2) is 0 Å². The van der Waals surface area contributed by atoms with Crippen LogP contribution in [0, 0.1) is 5.92 Å². The van der Waals surface area contributed by atoms with Crippen LogP contribution in [0.25, 0.3) is 0 Å². The molecule has 0 saturated carbocycles. The van der Waals surface area contributed by atoms with Gasteiger partial charge in [-0.2, -0.15) is 13.2 Å². The minimum Gasteiger partial charge on any atom is -0.390 e. The van der Waals surface area contributed by atoms with E-state index in [1.165, 1.54) is 12.1 Å². The standard InChI is InChI=1S/C12H15F3O2/c1-7(2)10(16)11(17)8-3-5-9(6-4-8)12(13,14)15/h3-7,10-11,16-17H,1-2H3. The number of aliphatic hydroxyl groups is 2. The molecule has 0 aliphatic heterocycles. The Morgan fingerprint density at radius 2 is 1.47 bits per heavy atom. The molecule has 96 valence electrons. The van der Waals surface area contributed by atoms with Crippen molar-refractivity contribution in [1.29, 1.82) is 0 Å². The molecule has 2 N–H and O–H groups in total. The zero-order valence-electron chi connectivity index (χ0n) is 9.57. The summed E-state index contributed by atoms with van der Waals surface area (Å²) in [5, 5.41) is 19.3. The van der Waals surface area contributed by atoms with E-state index in [1.54, 1.807) is 13.8 Å². The largest absolute Gasteiger partial charge is 0.416 e. The van der Waals surface area contributed by atoms with Crippen LogP contribution in [0.2, 0.25) is 0 Å². The maximum absolute atomic E-state index is 12.3. The molecule has 0 bridgehead atoms. The monoisotopic (exact) mass is 248 g/mol. The highest BCUT2D eigenvalue weighted by atomic mass is 19.4. The van der Waals surface area contributed by atoms with Crippen molar-refractivity contribution >= 4 is 0 Å². The second kappa shape index (κ2) is 5.06. The van der Waals surface area contributed by atoms with E-state index in [2.05, 4.69) is 0 Å². The lowest BCUT2D eigenvalue weighted by Crippen LogP contribution is -2.24. The molecule has 2 atom stereocenters. The first-order valence-corrected chi connectivity index (χ1v) is 5.26. The van der Waals surface area contributed by atoms with Crippen LogP contribution in [0.15, 0.2) is 24.3 Å². The van der Waals surface area contributed by atoms with Crippen molar-refractivity contribution in [3.05, 3.63) is 35.4 Å². The number of benzene rings is 1. The smallest absolute Gasteiger partial charge is 0.390 e. The number of rotatable bonds is 3. The number of alkyl halides is 3. The average Bonchev–Trinajstić information content (AvgIpc) is 2.26. The summed E-state index contributed by atoms with van der Waals surface area (Å²) in [6, 6.07) is 4.15. The summed E-state index contributed by atoms with van der Waals surface area (Å²) in [6.07, 6.45) is -6.55. The first-order valence-electron chi connectivity index (χ1n) is 5.26. The summed E-state index contributed by atoms with van der Waals surface area (Å²) in [4.78, 5) is 0. The van der Waals surface area contributed by atoms with Crippen LogP contribution in [0.5, 0.6) is 0 Å². The Kier molecular flexibility index (Phi) is 4.16. The number of hydrogen-bond acceptors (Lipinski definition) is 2. The maximum atomic E-state index is 12.3. The fourth-order valence-electron chi connectivity index (χ4n) is 1.43. The van der Waals surface area contributed by atoms with E-state index < -0.39 is 23.9 Å². The van der Waals surface area contributed by atoms with Gasteiger partial charge in [0.1, 0.15) is 6.10 Å². The molecule has 0 fully saturated rings. The van der Waals surface area contributed by atoms with Crippen molar-refractivity contribution in [2.24, 2.45) is 5.92 Å². The van der Waals surface area contributed by atoms with Crippen molar-refractivity contribution in [2.75, 3.05) is 0 Å². The van der Waals surface area contributed by atoms with Crippen LogP contribution >= 0.6 is 0 Å². The second-order valence-corrected chi connectivity index (χ2v) is 4.30. The van der Waals surface area contributed by atoms with E-state index in [0.717, 1.165) is 12.1 Å². The Bertz CT molecular complexity index is 357. The minimum absolute atomic E-state index is 0.174. The van der Waals surface area contributed by atoms with E-state index in [-0.39, 0.29) is 11.5 Å². The Hall–Kier alpha value is -1.07. The molecule has 0 saturated heterocycles. The minimum atomic E-state index is -4.39. The maximum Gasteiger partial charge on any atom is 0.416 e. The predicted octanol–water partition coefficient (Wildman–Crippen LogP) is 2.76. The van der Waals surface area contributed by atoms with Gasteiger partial charge in [-0.1, -0.05) is 26.0 Å². The molecule has 0 aliphatic carbocycles. The second-order valence-electron chi connectivity index (χ2n) is 4.30. The number of aliphatic hydroxyl groups excluding tert-OH is 2. The van der Waals surface area contributed by atoms with Crippen molar-refractivity contribution in [1.82, 2.24) is 0 Å². The van der Waals surface area contributed by atoms with Crippen molar-refractivity contribution < 1.29 is 23.4 Å². The molecule has 2 unspecified atom stereocenters. The van der Waals surface area contributed by atoms with Gasteiger partial charge in [0, 0.05) is 0 Å². The molecule has 0 spiro atoms. The Labute approximate surface area is 97.7 Å². The van der Waals surface area contributed by atoms with Gasteiger partial charge >= 0.3 is 6.18 Å². The summed E-state index contributed by atoms with van der Waals surface area (Å²) >= 11 is 0. The predicted molar refractivity (Wildman–Crippen MR) is 57.2 cm³/mol. The van der Waals surface area contributed by atoms with Gasteiger partial charge in [0.2, 0.25) is 0 Å². The van der Waals surface area contributed by atoms with Crippen LogP contribution in [0.4, 0.5) is 13.2 Å². The lowest BCUT2D eigenvalue weighted by Gasteiger charge is -2.21. The molecule has 0 amide bonds. The highest BCUT2D eigenvalue weighted by molar-refractivity contribution is 5.26. The third kappa shape index (κ3) is 3.44. The molecule has 2 nitrogen and oxygen atoms in total. The van der Waals surface area contributed by atoms with E-state index >= 15 is 0 Å². The van der Waals surface area contributed by atoms with Crippen LogP contribution < -0.4 is 0 Å². The van der Waals surface area contributed by atoms with E-state index in [4.69, 9.17) is 0 Å². The summed E-state index contributed by atoms with van der Waals surface area (Å²) in [5.74, 6) is -0.174. The molecule has 0 aromatic heterocycles. The number of hydrogen-bond donors (Lipinski definition) is 2. The van der Waals surface area contributed by atoms with Crippen LogP contribution in [0.1, 0.15) is 31.1 Å². The summed E-state index contributed by atoms with van der Waals surface area (Å²) in [5.41, 5.74) is -0.494. The van der Waals surface area contributed by atoms with E-state index in [0.29, 0.717) is 0 Å². The summed E-state index contributed by atoms with van der Waals surface area (Å²) < 4.78 is 36.9. The first kappa shape index (κ1) is 14.0. The van der Waals surface area contributed by atoms with Gasteiger partial charge in [-0.3, -0.25) is 0 Å². The fraction of sp³-hybridized carbons (Fsp3) is 0.500. The number of halogens is 3. The van der Waals surface area contributed by atoms with Crippen molar-refractivity contribution in [2.45, 2.75) is 32.2 Å². The lowest BCUT2D eigenvalue weighted by atomic mass is 9.95. The molecule has 1 aromatic rings. The van der Waals surface area contributed by atoms with Gasteiger partial charge in [0.25, 0.3) is 0 Å². The summed E-state index contributed by atoms with van der Waals surface area (Å²) in [7, 11) is 0. The molecule has 0 aliphatic rings. The molecule has 17 heavy (non-hydrogen) atoms. The normalized spacial score (nSPS) is 16.0. The van der Waals surface area contributed by atoms with Gasteiger partial charge in [0.05, 0.1) is 11.7 Å². The zero-order valence-corrected chi connectivity index (χ0v) is 9.57. The Balaban J connectivity index is 2.88. The van der Waals surface area contributed by atoms with Gasteiger partial charge in [-0.05, 0) is 23.6 Å². The van der Waals surface area contributed by atoms with Crippen molar-refractivity contribution in [3.8, 4) is 0 Å². The molecule has 1 aromatic carbocycles. The van der Waals surface area contributed by atoms with Crippen molar-refractivity contribution in [3.63, 3.8) is 0 Å². The third-order valence-corrected chi connectivity index (χ3v) is 2.59. The molecule has 1 rings (SSSR count). The van der Waals surface area contributed by atoms with Gasteiger partial charge in [-0.15, -0.1) is 0 Å². The molecular formula is C12H15F3O2. The van der Waals surface area contributed by atoms with E-state index in [9.17, 15) is 23.4 Å². The fourth-order valence-corrected chi connectivity index (χ4v) is 1.43. The topological polar surface area (TPSA) is 40.5 Å².